The third kappa shape index (κ3) is 5.64. The largest absolute Gasteiger partial charge is 0.480 e. The number of thioether (sulfide) groups is 1. The van der Waals surface area contributed by atoms with E-state index in [4.69, 9.17) is 5.11 Å². The highest BCUT2D eigenvalue weighted by Crippen LogP contribution is 2.36. The summed E-state index contributed by atoms with van der Waals surface area (Å²) >= 11 is 1.06. The second-order valence-electron chi connectivity index (χ2n) is 5.89. The van der Waals surface area contributed by atoms with E-state index in [9.17, 15) is 39.3 Å². The van der Waals surface area contributed by atoms with Gasteiger partial charge in [-0.1, -0.05) is 12.1 Å². The first-order valence-electron chi connectivity index (χ1n) is 8.11. The molecular formula is C17H14FN3O8S. The maximum Gasteiger partial charge on any atom is 0.336 e. The van der Waals surface area contributed by atoms with Gasteiger partial charge in [-0.05, 0) is 17.7 Å². The summed E-state index contributed by atoms with van der Waals surface area (Å²) in [5, 5.41) is 43.3. The standard InChI is InChI=1S/C17H14FN3O8S/c18-11-3-1-2-9(4-11)7-30-8-12(17(24)25)19-15-13(20(26)27)5-10(16(22)23)6-14(15)21(28)29/h1-6,12,19H,7-8H2,(H,22,23)(H,24,25)/t12-/m1/s1. The molecule has 0 heterocycles. The van der Waals surface area contributed by atoms with Crippen molar-refractivity contribution in [1.82, 2.24) is 0 Å². The van der Waals surface area contributed by atoms with Crippen molar-refractivity contribution in [3.05, 3.63) is 73.6 Å². The van der Waals surface area contributed by atoms with E-state index in [1.807, 2.05) is 0 Å². The lowest BCUT2D eigenvalue weighted by Crippen LogP contribution is -2.32. The zero-order chi connectivity index (χ0) is 22.4. The minimum absolute atomic E-state index is 0.166. The number of carboxylic acid groups (broad SMARTS) is 2. The first-order valence-corrected chi connectivity index (χ1v) is 9.27. The van der Waals surface area contributed by atoms with Crippen LogP contribution in [0.2, 0.25) is 0 Å². The number of hydrogen-bond acceptors (Lipinski definition) is 8. The third-order valence-corrected chi connectivity index (χ3v) is 4.90. The molecule has 3 N–H and O–H groups in total. The van der Waals surface area contributed by atoms with Crippen LogP contribution < -0.4 is 5.32 Å². The van der Waals surface area contributed by atoms with E-state index < -0.39 is 56.3 Å². The summed E-state index contributed by atoms with van der Waals surface area (Å²) in [6.07, 6.45) is 0. The van der Waals surface area contributed by atoms with Gasteiger partial charge in [-0.3, -0.25) is 20.2 Å². The number of rotatable bonds is 10. The molecule has 0 radical (unpaired) electrons. The summed E-state index contributed by atoms with van der Waals surface area (Å²) in [7, 11) is 0. The van der Waals surface area contributed by atoms with Crippen molar-refractivity contribution in [1.29, 1.82) is 0 Å². The van der Waals surface area contributed by atoms with Gasteiger partial charge in [0.05, 0.1) is 15.4 Å². The van der Waals surface area contributed by atoms with E-state index in [2.05, 4.69) is 5.32 Å². The summed E-state index contributed by atoms with van der Waals surface area (Å²) < 4.78 is 13.2. The number of hydrogen-bond donors (Lipinski definition) is 3. The fourth-order valence-electron chi connectivity index (χ4n) is 2.44. The van der Waals surface area contributed by atoms with E-state index in [1.165, 1.54) is 18.2 Å². The van der Waals surface area contributed by atoms with Crippen LogP contribution in [0.15, 0.2) is 36.4 Å². The SMILES string of the molecule is O=C(O)c1cc([N+](=O)[O-])c(N[C@H](CSCc2cccc(F)c2)C(=O)O)c([N+](=O)[O-])c1. The van der Waals surface area contributed by atoms with E-state index in [-0.39, 0.29) is 11.5 Å². The van der Waals surface area contributed by atoms with Gasteiger partial charge >= 0.3 is 11.9 Å². The number of benzene rings is 2. The van der Waals surface area contributed by atoms with Crippen molar-refractivity contribution in [3.63, 3.8) is 0 Å². The molecule has 0 aromatic heterocycles. The van der Waals surface area contributed by atoms with Crippen molar-refractivity contribution in [3.8, 4) is 0 Å². The lowest BCUT2D eigenvalue weighted by atomic mass is 10.1. The Bertz CT molecular complexity index is 981. The molecule has 1 atom stereocenters. The van der Waals surface area contributed by atoms with E-state index in [0.29, 0.717) is 17.7 Å². The normalized spacial score (nSPS) is 11.5. The van der Waals surface area contributed by atoms with Crippen LogP contribution >= 0.6 is 11.8 Å². The Kier molecular flexibility index (Phi) is 7.25. The van der Waals surface area contributed by atoms with Gasteiger partial charge in [0, 0.05) is 23.6 Å². The number of nitrogens with one attached hydrogen (secondary N) is 1. The van der Waals surface area contributed by atoms with Gasteiger partial charge in [0.1, 0.15) is 11.9 Å². The molecule has 0 aliphatic heterocycles. The molecule has 0 saturated heterocycles. The number of aliphatic carboxylic acids is 1. The molecule has 0 amide bonds. The number of nitro groups is 2. The number of halogens is 1. The highest BCUT2D eigenvalue weighted by Gasteiger charge is 2.32. The average Bonchev–Trinajstić information content (AvgIpc) is 2.66. The van der Waals surface area contributed by atoms with Crippen LogP contribution in [0.25, 0.3) is 0 Å². The topological polar surface area (TPSA) is 173 Å². The van der Waals surface area contributed by atoms with Crippen LogP contribution in [0, 0.1) is 26.0 Å². The minimum Gasteiger partial charge on any atom is -0.480 e. The molecule has 158 valence electrons. The fourth-order valence-corrected chi connectivity index (χ4v) is 3.44. The monoisotopic (exact) mass is 439 g/mol. The first-order chi connectivity index (χ1) is 14.1. The summed E-state index contributed by atoms with van der Waals surface area (Å²) in [5.41, 5.74) is -2.71. The Morgan fingerprint density at radius 1 is 1.10 bits per heavy atom. The van der Waals surface area contributed by atoms with E-state index >= 15 is 0 Å². The molecule has 0 unspecified atom stereocenters. The Hall–Kier alpha value is -3.74. The second-order valence-corrected chi connectivity index (χ2v) is 6.92. The van der Waals surface area contributed by atoms with Crippen molar-refractivity contribution >= 4 is 40.8 Å². The highest BCUT2D eigenvalue weighted by molar-refractivity contribution is 7.98. The van der Waals surface area contributed by atoms with Crippen molar-refractivity contribution in [2.75, 3.05) is 11.1 Å². The first kappa shape index (κ1) is 22.5. The van der Waals surface area contributed by atoms with E-state index in [1.54, 1.807) is 6.07 Å². The van der Waals surface area contributed by atoms with Crippen molar-refractivity contribution in [2.24, 2.45) is 0 Å². The molecule has 0 bridgehead atoms. The molecule has 0 saturated carbocycles. The van der Waals surface area contributed by atoms with Crippen LogP contribution in [0.4, 0.5) is 21.5 Å². The van der Waals surface area contributed by atoms with Crippen LogP contribution in [0.5, 0.6) is 0 Å². The van der Waals surface area contributed by atoms with Crippen LogP contribution in [0.3, 0.4) is 0 Å². The second kappa shape index (κ2) is 9.65. The number of nitrogens with zero attached hydrogens (tertiary/aromatic N) is 2. The molecule has 2 rings (SSSR count). The lowest BCUT2D eigenvalue weighted by molar-refractivity contribution is -0.392. The molecule has 0 aliphatic carbocycles. The van der Waals surface area contributed by atoms with Gasteiger partial charge in [0.25, 0.3) is 11.4 Å². The highest BCUT2D eigenvalue weighted by atomic mass is 32.2. The molecule has 0 aliphatic rings. The molecule has 11 nitrogen and oxygen atoms in total. The molecular weight excluding hydrogens is 425 g/mol. The quantitative estimate of drug-likeness (QED) is 0.368. The number of nitro benzene ring substituents is 2. The Morgan fingerprint density at radius 2 is 1.70 bits per heavy atom. The molecule has 2 aromatic rings. The average molecular weight is 439 g/mol. The molecule has 2 aromatic carbocycles. The summed E-state index contributed by atoms with van der Waals surface area (Å²) in [6.45, 7) is 0. The Morgan fingerprint density at radius 3 is 2.17 bits per heavy atom. The minimum atomic E-state index is -1.62. The lowest BCUT2D eigenvalue weighted by Gasteiger charge is -2.16. The predicted molar refractivity (Wildman–Crippen MR) is 104 cm³/mol. The zero-order valence-electron chi connectivity index (χ0n) is 15.0. The maximum atomic E-state index is 13.2. The molecule has 30 heavy (non-hydrogen) atoms. The van der Waals surface area contributed by atoms with Crippen LogP contribution in [0.1, 0.15) is 15.9 Å². The van der Waals surface area contributed by atoms with Crippen molar-refractivity contribution < 1.29 is 34.0 Å². The number of carbonyl (C=O) groups is 2. The van der Waals surface area contributed by atoms with Gasteiger partial charge in [-0.25, -0.2) is 14.0 Å². The number of aromatic carboxylic acids is 1. The zero-order valence-corrected chi connectivity index (χ0v) is 15.8. The van der Waals surface area contributed by atoms with Gasteiger partial charge in [-0.2, -0.15) is 11.8 Å². The summed E-state index contributed by atoms with van der Waals surface area (Å²) in [4.78, 5) is 43.2. The van der Waals surface area contributed by atoms with Gasteiger partial charge < -0.3 is 15.5 Å². The third-order valence-electron chi connectivity index (χ3n) is 3.80. The maximum absolute atomic E-state index is 13.2. The van der Waals surface area contributed by atoms with Crippen LogP contribution in [-0.4, -0.2) is 43.8 Å². The fraction of sp³-hybridized carbons (Fsp3) is 0.176. The van der Waals surface area contributed by atoms with Gasteiger partial charge in [0.15, 0.2) is 5.69 Å². The Balaban J connectivity index is 2.31. The van der Waals surface area contributed by atoms with Crippen LogP contribution in [-0.2, 0) is 10.5 Å². The number of carboxylic acids is 2. The van der Waals surface area contributed by atoms with Gasteiger partial charge in [0.2, 0.25) is 0 Å². The summed E-state index contributed by atoms with van der Waals surface area (Å²) in [6, 6.07) is 5.35. The molecule has 13 heteroatoms. The smallest absolute Gasteiger partial charge is 0.336 e. The van der Waals surface area contributed by atoms with Crippen molar-refractivity contribution in [2.45, 2.75) is 11.8 Å². The molecule has 0 fully saturated rings. The van der Waals surface area contributed by atoms with E-state index in [0.717, 1.165) is 11.8 Å². The predicted octanol–water partition coefficient (Wildman–Crippen LogP) is 3.14. The summed E-state index contributed by atoms with van der Waals surface area (Å²) in [5.74, 6) is -3.46. The molecule has 0 spiro atoms. The van der Waals surface area contributed by atoms with Gasteiger partial charge in [-0.15, -0.1) is 0 Å². The number of anilines is 1. The Labute approximate surface area is 171 Å².